The van der Waals surface area contributed by atoms with Crippen LogP contribution in [0.15, 0.2) is 0 Å². The summed E-state index contributed by atoms with van der Waals surface area (Å²) >= 11 is 0. The Hall–Kier alpha value is -0.610. The van der Waals surface area contributed by atoms with Crippen molar-refractivity contribution in [3.8, 4) is 0 Å². The molecule has 4 nitrogen and oxygen atoms in total. The summed E-state index contributed by atoms with van der Waals surface area (Å²) in [5, 5.41) is 18.0. The van der Waals surface area contributed by atoms with Crippen LogP contribution in [0.3, 0.4) is 0 Å². The number of hydrogen-bond acceptors (Lipinski definition) is 3. The van der Waals surface area contributed by atoms with Crippen LogP contribution in [0.2, 0.25) is 0 Å². The number of carboxylic acid groups (broad SMARTS) is 1. The zero-order valence-electron chi connectivity index (χ0n) is 7.82. The molecule has 0 saturated heterocycles. The SMILES string of the molecule is CCN(CC)[C@H](C(=O)O)C(C)O. The van der Waals surface area contributed by atoms with E-state index >= 15 is 0 Å². The van der Waals surface area contributed by atoms with Crippen LogP contribution in [0.5, 0.6) is 0 Å². The van der Waals surface area contributed by atoms with Crippen molar-refractivity contribution < 1.29 is 15.0 Å². The molecule has 0 aromatic heterocycles. The fourth-order valence-electron chi connectivity index (χ4n) is 1.28. The van der Waals surface area contributed by atoms with Crippen LogP contribution < -0.4 is 0 Å². The standard InChI is InChI=1S/C8H17NO3/c1-4-9(5-2)7(6(3)10)8(11)12/h6-7,10H,4-5H2,1-3H3,(H,11,12)/t6?,7-/m0/s1. The van der Waals surface area contributed by atoms with Crippen LogP contribution in [0, 0.1) is 0 Å². The highest BCUT2D eigenvalue weighted by atomic mass is 16.4. The summed E-state index contributed by atoms with van der Waals surface area (Å²) in [6.07, 6.45) is -0.831. The Morgan fingerprint density at radius 1 is 1.42 bits per heavy atom. The Labute approximate surface area is 72.8 Å². The van der Waals surface area contributed by atoms with Crippen molar-refractivity contribution in [1.29, 1.82) is 0 Å². The van der Waals surface area contributed by atoms with Crippen LogP contribution in [-0.2, 0) is 4.79 Å². The molecule has 1 unspecified atom stereocenters. The Morgan fingerprint density at radius 3 is 1.92 bits per heavy atom. The summed E-state index contributed by atoms with van der Waals surface area (Å²) < 4.78 is 0. The largest absolute Gasteiger partial charge is 0.480 e. The Morgan fingerprint density at radius 2 is 1.83 bits per heavy atom. The highest BCUT2D eigenvalue weighted by Gasteiger charge is 2.27. The van der Waals surface area contributed by atoms with E-state index in [2.05, 4.69) is 0 Å². The van der Waals surface area contributed by atoms with E-state index in [1.807, 2.05) is 13.8 Å². The van der Waals surface area contributed by atoms with Gasteiger partial charge in [-0.1, -0.05) is 13.8 Å². The van der Waals surface area contributed by atoms with Gasteiger partial charge in [0.15, 0.2) is 0 Å². The minimum absolute atomic E-state index is 0.637. The van der Waals surface area contributed by atoms with E-state index in [1.165, 1.54) is 6.92 Å². The van der Waals surface area contributed by atoms with E-state index in [1.54, 1.807) is 4.90 Å². The first-order valence-electron chi connectivity index (χ1n) is 4.19. The van der Waals surface area contributed by atoms with E-state index in [0.717, 1.165) is 0 Å². The molecule has 0 bridgehead atoms. The molecule has 0 aliphatic carbocycles. The molecule has 0 aliphatic rings. The second-order valence-electron chi connectivity index (χ2n) is 2.74. The first-order valence-corrected chi connectivity index (χ1v) is 4.19. The average Bonchev–Trinajstić information content (AvgIpc) is 1.98. The van der Waals surface area contributed by atoms with Crippen LogP contribution in [0.25, 0.3) is 0 Å². The van der Waals surface area contributed by atoms with Gasteiger partial charge < -0.3 is 10.2 Å². The van der Waals surface area contributed by atoms with Crippen molar-refractivity contribution in [2.45, 2.75) is 32.9 Å². The number of hydrogen-bond donors (Lipinski definition) is 2. The molecule has 0 spiro atoms. The smallest absolute Gasteiger partial charge is 0.323 e. The summed E-state index contributed by atoms with van der Waals surface area (Å²) in [5.41, 5.74) is 0. The van der Waals surface area contributed by atoms with Crippen LogP contribution >= 0.6 is 0 Å². The first-order chi connectivity index (χ1) is 5.54. The summed E-state index contributed by atoms with van der Waals surface area (Å²) in [6.45, 7) is 6.53. The summed E-state index contributed by atoms with van der Waals surface area (Å²) in [7, 11) is 0. The molecule has 0 aromatic carbocycles. The maximum absolute atomic E-state index is 10.7. The van der Waals surface area contributed by atoms with Crippen LogP contribution in [0.1, 0.15) is 20.8 Å². The Balaban J connectivity index is 4.36. The lowest BCUT2D eigenvalue weighted by molar-refractivity contribution is -0.147. The number of aliphatic carboxylic acids is 1. The van der Waals surface area contributed by atoms with Crippen molar-refractivity contribution in [3.05, 3.63) is 0 Å². The van der Waals surface area contributed by atoms with Gasteiger partial charge in [0.1, 0.15) is 6.04 Å². The second-order valence-corrected chi connectivity index (χ2v) is 2.74. The average molecular weight is 175 g/mol. The molecule has 2 N–H and O–H groups in total. The fraction of sp³-hybridized carbons (Fsp3) is 0.875. The van der Waals surface area contributed by atoms with Gasteiger partial charge in [-0.3, -0.25) is 9.69 Å². The molecular weight excluding hydrogens is 158 g/mol. The number of nitrogens with zero attached hydrogens (tertiary/aromatic N) is 1. The maximum atomic E-state index is 10.7. The molecule has 0 rings (SSSR count). The van der Waals surface area contributed by atoms with Crippen molar-refractivity contribution in [3.63, 3.8) is 0 Å². The number of aliphatic hydroxyl groups excluding tert-OH is 1. The van der Waals surface area contributed by atoms with Gasteiger partial charge in [0, 0.05) is 0 Å². The van der Waals surface area contributed by atoms with Crippen molar-refractivity contribution in [1.82, 2.24) is 4.90 Å². The molecule has 0 aromatic rings. The quantitative estimate of drug-likeness (QED) is 0.625. The number of carbonyl (C=O) groups is 1. The minimum atomic E-state index is -0.964. The number of aliphatic hydroxyl groups is 1. The molecule has 12 heavy (non-hydrogen) atoms. The Bertz CT molecular complexity index is 143. The number of rotatable bonds is 5. The highest BCUT2D eigenvalue weighted by Crippen LogP contribution is 2.04. The van der Waals surface area contributed by atoms with Gasteiger partial charge in [-0.2, -0.15) is 0 Å². The first kappa shape index (κ1) is 11.4. The fourth-order valence-corrected chi connectivity index (χ4v) is 1.28. The van der Waals surface area contributed by atoms with Crippen molar-refractivity contribution in [2.24, 2.45) is 0 Å². The van der Waals surface area contributed by atoms with E-state index in [4.69, 9.17) is 5.11 Å². The lowest BCUT2D eigenvalue weighted by Crippen LogP contribution is -2.47. The molecule has 0 aliphatic heterocycles. The molecule has 0 radical (unpaired) electrons. The molecule has 4 heteroatoms. The molecular formula is C8H17NO3. The molecule has 0 heterocycles. The summed E-state index contributed by atoms with van der Waals surface area (Å²) in [4.78, 5) is 12.4. The molecule has 0 saturated carbocycles. The van der Waals surface area contributed by atoms with Gasteiger partial charge in [-0.05, 0) is 20.0 Å². The number of likely N-dealkylation sites (N-methyl/N-ethyl adjacent to an activating group) is 1. The Kier molecular flexibility index (Phi) is 4.85. The van der Waals surface area contributed by atoms with Gasteiger partial charge in [-0.25, -0.2) is 0 Å². The van der Waals surface area contributed by atoms with Gasteiger partial charge in [-0.15, -0.1) is 0 Å². The topological polar surface area (TPSA) is 60.8 Å². The third kappa shape index (κ3) is 2.79. The van der Waals surface area contributed by atoms with Gasteiger partial charge >= 0.3 is 5.97 Å². The monoisotopic (exact) mass is 175 g/mol. The van der Waals surface area contributed by atoms with E-state index < -0.39 is 18.1 Å². The predicted molar refractivity (Wildman–Crippen MR) is 46.0 cm³/mol. The molecule has 0 fully saturated rings. The zero-order chi connectivity index (χ0) is 9.72. The lowest BCUT2D eigenvalue weighted by atomic mass is 10.1. The van der Waals surface area contributed by atoms with E-state index in [-0.39, 0.29) is 0 Å². The number of carboxylic acids is 1. The third-order valence-electron chi connectivity index (χ3n) is 1.92. The summed E-state index contributed by atoms with van der Waals surface area (Å²) in [5.74, 6) is -0.964. The highest BCUT2D eigenvalue weighted by molar-refractivity contribution is 5.74. The molecule has 72 valence electrons. The van der Waals surface area contributed by atoms with Crippen LogP contribution in [0.4, 0.5) is 0 Å². The second kappa shape index (κ2) is 5.11. The van der Waals surface area contributed by atoms with E-state index in [9.17, 15) is 9.90 Å². The maximum Gasteiger partial charge on any atom is 0.323 e. The van der Waals surface area contributed by atoms with Gasteiger partial charge in [0.25, 0.3) is 0 Å². The predicted octanol–water partition coefficient (Wildman–Crippen LogP) is 0.162. The van der Waals surface area contributed by atoms with Crippen LogP contribution in [-0.4, -0.2) is 46.3 Å². The molecule has 0 amide bonds. The van der Waals surface area contributed by atoms with Gasteiger partial charge in [0.05, 0.1) is 6.10 Å². The lowest BCUT2D eigenvalue weighted by Gasteiger charge is -2.27. The van der Waals surface area contributed by atoms with Crippen molar-refractivity contribution >= 4 is 5.97 Å². The van der Waals surface area contributed by atoms with Gasteiger partial charge in [0.2, 0.25) is 0 Å². The van der Waals surface area contributed by atoms with E-state index in [0.29, 0.717) is 13.1 Å². The third-order valence-corrected chi connectivity index (χ3v) is 1.92. The normalized spacial score (nSPS) is 16.1. The van der Waals surface area contributed by atoms with Crippen molar-refractivity contribution in [2.75, 3.05) is 13.1 Å². The minimum Gasteiger partial charge on any atom is -0.480 e. The zero-order valence-corrected chi connectivity index (χ0v) is 7.82. The molecule has 2 atom stereocenters. The summed E-state index contributed by atoms with van der Waals surface area (Å²) in [6, 6.07) is -0.778.